The molecule has 1 aromatic heterocycles. The van der Waals surface area contributed by atoms with E-state index in [1.807, 2.05) is 24.3 Å². The van der Waals surface area contributed by atoms with Gasteiger partial charge in [0.25, 0.3) is 0 Å². The highest BCUT2D eigenvalue weighted by Crippen LogP contribution is 2.44. The van der Waals surface area contributed by atoms with Crippen LogP contribution < -0.4 is 5.32 Å². The van der Waals surface area contributed by atoms with Crippen LogP contribution in [0.2, 0.25) is 0 Å². The Morgan fingerprint density at radius 1 is 0.944 bits per heavy atom. The standard InChI is InChI=1S/C25H28N3O7P/c29-24(23-26-14-15-28(23)36(31,32)33)34-16-8-2-1-7-13-27-25(30)35-17-22-20-11-5-3-9-18(20)19-10-4-6-12-21(19)22/h3-6,9-12,14-15,22H,1-2,7-8,13,16-17H2,(H,27,30)(H2,31,32,33). The predicted molar refractivity (Wildman–Crippen MR) is 131 cm³/mol. The molecule has 0 radical (unpaired) electrons. The lowest BCUT2D eigenvalue weighted by atomic mass is 9.98. The highest BCUT2D eigenvalue weighted by molar-refractivity contribution is 7.50. The number of aromatic nitrogens is 2. The van der Waals surface area contributed by atoms with Crippen molar-refractivity contribution in [3.05, 3.63) is 77.9 Å². The Bertz CT molecular complexity index is 1220. The predicted octanol–water partition coefficient (Wildman–Crippen LogP) is 4.08. The molecule has 2 aromatic carbocycles. The molecule has 0 atom stereocenters. The fraction of sp³-hybridized carbons (Fsp3) is 0.320. The molecule has 0 unspecified atom stereocenters. The number of carbonyl (C=O) groups is 2. The topological polar surface area (TPSA) is 140 Å². The molecule has 0 saturated heterocycles. The summed E-state index contributed by atoms with van der Waals surface area (Å²) in [5, 5.41) is 2.77. The molecular formula is C25H28N3O7P. The van der Waals surface area contributed by atoms with Crippen molar-refractivity contribution in [2.75, 3.05) is 19.8 Å². The van der Waals surface area contributed by atoms with Crippen LogP contribution in [0.25, 0.3) is 11.1 Å². The summed E-state index contributed by atoms with van der Waals surface area (Å²) in [6.07, 6.45) is 4.57. The van der Waals surface area contributed by atoms with Gasteiger partial charge in [0.05, 0.1) is 6.61 Å². The molecule has 0 fully saturated rings. The molecule has 36 heavy (non-hydrogen) atoms. The number of unbranched alkanes of at least 4 members (excludes halogenated alkanes) is 3. The van der Waals surface area contributed by atoms with E-state index in [4.69, 9.17) is 9.47 Å². The third-order valence-corrected chi connectivity index (χ3v) is 6.89. The molecule has 0 aliphatic heterocycles. The minimum atomic E-state index is -4.66. The molecule has 1 aliphatic rings. The Labute approximate surface area is 208 Å². The van der Waals surface area contributed by atoms with Crippen LogP contribution in [0.1, 0.15) is 53.3 Å². The van der Waals surface area contributed by atoms with Crippen molar-refractivity contribution in [3.8, 4) is 11.1 Å². The lowest BCUT2D eigenvalue weighted by Gasteiger charge is -2.14. The number of hydrogen-bond donors (Lipinski definition) is 3. The van der Waals surface area contributed by atoms with E-state index in [1.165, 1.54) is 11.1 Å². The number of esters is 1. The number of rotatable bonds is 11. The Hall–Kier alpha value is -3.46. The Balaban J connectivity index is 1.10. The summed E-state index contributed by atoms with van der Waals surface area (Å²) >= 11 is 0. The van der Waals surface area contributed by atoms with Crippen molar-refractivity contribution in [1.29, 1.82) is 0 Å². The molecule has 190 valence electrons. The van der Waals surface area contributed by atoms with Gasteiger partial charge in [-0.25, -0.2) is 23.5 Å². The molecule has 3 aromatic rings. The van der Waals surface area contributed by atoms with E-state index < -0.39 is 25.6 Å². The van der Waals surface area contributed by atoms with Crippen molar-refractivity contribution in [1.82, 2.24) is 14.6 Å². The zero-order valence-corrected chi connectivity index (χ0v) is 20.5. The first-order valence-electron chi connectivity index (χ1n) is 11.7. The normalized spacial score (nSPS) is 12.6. The number of fused-ring (bicyclic) bond motifs is 3. The fourth-order valence-corrected chi connectivity index (χ4v) is 4.92. The molecule has 0 bridgehead atoms. The van der Waals surface area contributed by atoms with Gasteiger partial charge < -0.3 is 24.6 Å². The Kier molecular flexibility index (Phi) is 8.20. The summed E-state index contributed by atoms with van der Waals surface area (Å²) in [4.78, 5) is 46.2. The number of ether oxygens (including phenoxy) is 2. The molecule has 1 amide bonds. The zero-order chi connectivity index (χ0) is 25.5. The van der Waals surface area contributed by atoms with Crippen molar-refractivity contribution in [2.24, 2.45) is 0 Å². The number of benzene rings is 2. The first-order valence-corrected chi connectivity index (χ1v) is 13.3. The Morgan fingerprint density at radius 3 is 2.25 bits per heavy atom. The molecule has 1 aliphatic carbocycles. The van der Waals surface area contributed by atoms with Crippen LogP contribution in [-0.4, -0.2) is 50.9 Å². The quantitative estimate of drug-likeness (QED) is 0.198. The van der Waals surface area contributed by atoms with E-state index in [0.717, 1.165) is 42.8 Å². The Morgan fingerprint density at radius 2 is 1.58 bits per heavy atom. The van der Waals surface area contributed by atoms with Crippen LogP contribution in [0, 0.1) is 0 Å². The molecule has 1 heterocycles. The summed E-state index contributed by atoms with van der Waals surface area (Å²) in [5.74, 6) is -1.30. The average molecular weight is 513 g/mol. The molecule has 4 rings (SSSR count). The lowest BCUT2D eigenvalue weighted by Crippen LogP contribution is -2.27. The summed E-state index contributed by atoms with van der Waals surface area (Å²) in [5.41, 5.74) is 4.69. The van der Waals surface area contributed by atoms with Crippen LogP contribution in [0.4, 0.5) is 4.79 Å². The number of carbonyl (C=O) groups excluding carboxylic acids is 2. The minimum Gasteiger partial charge on any atom is -0.460 e. The second kappa shape index (κ2) is 11.5. The van der Waals surface area contributed by atoms with E-state index in [9.17, 15) is 23.9 Å². The number of nitrogens with one attached hydrogen (secondary N) is 1. The maximum atomic E-state index is 12.2. The smallest absolute Gasteiger partial charge is 0.435 e. The zero-order valence-electron chi connectivity index (χ0n) is 19.6. The highest BCUT2D eigenvalue weighted by Gasteiger charge is 2.29. The molecule has 0 spiro atoms. The molecule has 3 N–H and O–H groups in total. The van der Waals surface area contributed by atoms with Gasteiger partial charge in [-0.05, 0) is 41.5 Å². The SMILES string of the molecule is O=C(NCCCCCCOC(=O)c1nccn1P(=O)(O)O)OCC1c2ccccc2-c2ccccc21. The van der Waals surface area contributed by atoms with Gasteiger partial charge in [0.2, 0.25) is 5.82 Å². The first-order chi connectivity index (χ1) is 17.4. The number of hydrogen-bond acceptors (Lipinski definition) is 6. The van der Waals surface area contributed by atoms with E-state index in [-0.39, 0.29) is 19.1 Å². The van der Waals surface area contributed by atoms with Crippen LogP contribution in [0.3, 0.4) is 0 Å². The third-order valence-electron chi connectivity index (χ3n) is 6.00. The minimum absolute atomic E-state index is 0.0191. The van der Waals surface area contributed by atoms with E-state index in [2.05, 4.69) is 34.6 Å². The second-order valence-electron chi connectivity index (χ2n) is 8.41. The monoisotopic (exact) mass is 513 g/mol. The van der Waals surface area contributed by atoms with Gasteiger partial charge in [0.15, 0.2) is 0 Å². The number of imidazole rings is 1. The van der Waals surface area contributed by atoms with Gasteiger partial charge in [0.1, 0.15) is 6.61 Å². The van der Waals surface area contributed by atoms with E-state index in [1.54, 1.807) is 0 Å². The molecule has 0 saturated carbocycles. The van der Waals surface area contributed by atoms with Crippen LogP contribution in [-0.2, 0) is 14.0 Å². The summed E-state index contributed by atoms with van der Waals surface area (Å²) < 4.78 is 22.4. The maximum Gasteiger partial charge on any atom is 0.435 e. The third kappa shape index (κ3) is 6.02. The average Bonchev–Trinajstić information content (AvgIpc) is 3.48. The first kappa shape index (κ1) is 25.6. The van der Waals surface area contributed by atoms with Crippen LogP contribution in [0.15, 0.2) is 60.9 Å². The van der Waals surface area contributed by atoms with Gasteiger partial charge in [-0.15, -0.1) is 0 Å². The summed E-state index contributed by atoms with van der Waals surface area (Å²) in [7, 11) is -4.66. The van der Waals surface area contributed by atoms with Crippen molar-refractivity contribution >= 4 is 19.8 Å². The van der Waals surface area contributed by atoms with Crippen molar-refractivity contribution < 1.29 is 33.4 Å². The second-order valence-corrected chi connectivity index (χ2v) is 9.87. The van der Waals surface area contributed by atoms with Crippen LogP contribution >= 0.6 is 7.75 Å². The number of nitrogens with zero attached hydrogens (tertiary/aromatic N) is 2. The van der Waals surface area contributed by atoms with Gasteiger partial charge >= 0.3 is 19.8 Å². The van der Waals surface area contributed by atoms with Gasteiger partial charge in [-0.3, -0.25) is 0 Å². The van der Waals surface area contributed by atoms with E-state index >= 15 is 0 Å². The molecular weight excluding hydrogens is 485 g/mol. The number of alkyl carbamates (subject to hydrolysis) is 1. The maximum absolute atomic E-state index is 12.2. The van der Waals surface area contributed by atoms with Crippen molar-refractivity contribution in [2.45, 2.75) is 31.6 Å². The highest BCUT2D eigenvalue weighted by atomic mass is 31.2. The van der Waals surface area contributed by atoms with Crippen molar-refractivity contribution in [3.63, 3.8) is 0 Å². The largest absolute Gasteiger partial charge is 0.460 e. The fourth-order valence-electron chi connectivity index (χ4n) is 4.30. The van der Waals surface area contributed by atoms with Gasteiger partial charge in [-0.2, -0.15) is 0 Å². The van der Waals surface area contributed by atoms with Gasteiger partial charge in [0, 0.05) is 24.9 Å². The molecule has 10 nitrogen and oxygen atoms in total. The summed E-state index contributed by atoms with van der Waals surface area (Å²) in [6.45, 7) is 0.842. The van der Waals surface area contributed by atoms with Gasteiger partial charge in [-0.1, -0.05) is 55.0 Å². The lowest BCUT2D eigenvalue weighted by molar-refractivity contribution is 0.0480. The molecule has 11 heteroatoms. The van der Waals surface area contributed by atoms with Crippen LogP contribution in [0.5, 0.6) is 0 Å². The summed E-state index contributed by atoms with van der Waals surface area (Å²) in [6, 6.07) is 16.3. The number of amides is 1. The van der Waals surface area contributed by atoms with E-state index in [0.29, 0.717) is 17.3 Å².